The quantitative estimate of drug-likeness (QED) is 0.732. The Morgan fingerprint density at radius 2 is 2.50 bits per heavy atom. The van der Waals surface area contributed by atoms with Crippen molar-refractivity contribution in [2.24, 2.45) is 0 Å². The van der Waals surface area contributed by atoms with Gasteiger partial charge < -0.3 is 5.11 Å². The highest BCUT2D eigenvalue weighted by Crippen LogP contribution is 2.16. The van der Waals surface area contributed by atoms with Crippen molar-refractivity contribution >= 4 is 17.4 Å². The third-order valence-electron chi connectivity index (χ3n) is 1.79. The van der Waals surface area contributed by atoms with Gasteiger partial charge in [-0.2, -0.15) is 4.63 Å². The third kappa shape index (κ3) is 1.76. The van der Waals surface area contributed by atoms with Gasteiger partial charge in [0, 0.05) is 12.5 Å². The molecule has 2 aromatic heterocycles. The fraction of sp³-hybridized carbons (Fsp3) is 0.500. The normalized spacial score (nSPS) is 11.3. The Hall–Kier alpha value is -1.01. The van der Waals surface area contributed by atoms with Crippen molar-refractivity contribution in [2.75, 3.05) is 12.4 Å². The Labute approximate surface area is 85.5 Å². The Bertz CT molecular complexity index is 355. The molecular formula is C8H12N4OS. The number of aliphatic hydroxyl groups is 1. The Morgan fingerprint density at radius 3 is 3.14 bits per heavy atom. The van der Waals surface area contributed by atoms with Gasteiger partial charge in [0.05, 0.1) is 6.61 Å². The molecule has 5 nitrogen and oxygen atoms in total. The highest BCUT2D eigenvalue weighted by molar-refractivity contribution is 7.99. The van der Waals surface area contributed by atoms with Gasteiger partial charge in [-0.1, -0.05) is 6.92 Å². The zero-order chi connectivity index (χ0) is 9.97. The van der Waals surface area contributed by atoms with E-state index in [1.54, 1.807) is 16.4 Å². The van der Waals surface area contributed by atoms with E-state index in [4.69, 9.17) is 5.11 Å². The minimum atomic E-state index is 0.104. The summed E-state index contributed by atoms with van der Waals surface area (Å²) in [6.45, 7) is 2.19. The molecule has 0 saturated carbocycles. The Kier molecular flexibility index (Phi) is 2.74. The summed E-state index contributed by atoms with van der Waals surface area (Å²) in [5, 5.41) is 17.0. The third-order valence-corrected chi connectivity index (χ3v) is 2.58. The lowest BCUT2D eigenvalue weighted by Gasteiger charge is -1.89. The fourth-order valence-corrected chi connectivity index (χ4v) is 1.86. The second-order valence-electron chi connectivity index (χ2n) is 2.83. The molecule has 0 unspecified atom stereocenters. The van der Waals surface area contributed by atoms with Crippen LogP contribution in [0.5, 0.6) is 0 Å². The summed E-state index contributed by atoms with van der Waals surface area (Å²) < 4.78 is 1.64. The van der Waals surface area contributed by atoms with Crippen LogP contribution in [0.15, 0.2) is 11.1 Å². The summed E-state index contributed by atoms with van der Waals surface area (Å²) in [6, 6.07) is 1.94. The molecule has 0 bridgehead atoms. The molecule has 0 amide bonds. The van der Waals surface area contributed by atoms with Gasteiger partial charge in [-0.25, -0.2) is 4.98 Å². The molecular weight excluding hydrogens is 200 g/mol. The molecule has 2 aromatic rings. The number of fused-ring (bicyclic) bond motifs is 1. The van der Waals surface area contributed by atoms with Crippen molar-refractivity contribution in [1.29, 1.82) is 0 Å². The average Bonchev–Trinajstić information content (AvgIpc) is 2.62. The molecule has 2 rings (SSSR count). The SMILES string of the molecule is CCSc1cc2nc(CCO)[nH]n2n1. The lowest BCUT2D eigenvalue weighted by molar-refractivity contribution is 0.296. The molecule has 14 heavy (non-hydrogen) atoms. The van der Waals surface area contributed by atoms with Gasteiger partial charge in [0.25, 0.3) is 0 Å². The predicted molar refractivity (Wildman–Crippen MR) is 54.5 cm³/mol. The van der Waals surface area contributed by atoms with Gasteiger partial charge in [-0.15, -0.1) is 16.9 Å². The number of hydrogen-bond donors (Lipinski definition) is 2. The van der Waals surface area contributed by atoms with Crippen LogP contribution in [0.3, 0.4) is 0 Å². The largest absolute Gasteiger partial charge is 0.396 e. The zero-order valence-corrected chi connectivity index (χ0v) is 8.71. The van der Waals surface area contributed by atoms with E-state index in [2.05, 4.69) is 22.1 Å². The van der Waals surface area contributed by atoms with E-state index in [9.17, 15) is 0 Å². The minimum absolute atomic E-state index is 0.104. The number of nitrogens with one attached hydrogen (secondary N) is 1. The second kappa shape index (κ2) is 4.02. The van der Waals surface area contributed by atoms with Gasteiger partial charge in [0.1, 0.15) is 10.9 Å². The minimum Gasteiger partial charge on any atom is -0.396 e. The molecule has 0 radical (unpaired) electrons. The van der Waals surface area contributed by atoms with Crippen molar-refractivity contribution in [3.05, 3.63) is 11.9 Å². The van der Waals surface area contributed by atoms with Gasteiger partial charge in [0.2, 0.25) is 0 Å². The summed E-state index contributed by atoms with van der Waals surface area (Å²) >= 11 is 1.68. The first-order chi connectivity index (χ1) is 6.83. The summed E-state index contributed by atoms with van der Waals surface area (Å²) in [7, 11) is 0. The first kappa shape index (κ1) is 9.54. The van der Waals surface area contributed by atoms with Crippen molar-refractivity contribution in [3.63, 3.8) is 0 Å². The number of nitrogens with zero attached hydrogens (tertiary/aromatic N) is 3. The van der Waals surface area contributed by atoms with Crippen molar-refractivity contribution in [2.45, 2.75) is 18.4 Å². The number of H-pyrrole nitrogens is 1. The van der Waals surface area contributed by atoms with Crippen LogP contribution in [0.4, 0.5) is 0 Å². The molecule has 76 valence electrons. The van der Waals surface area contributed by atoms with Crippen LogP contribution in [-0.2, 0) is 6.42 Å². The molecule has 0 fully saturated rings. The maximum atomic E-state index is 8.73. The van der Waals surface area contributed by atoms with Crippen molar-refractivity contribution < 1.29 is 5.11 Å². The molecule has 0 aromatic carbocycles. The predicted octanol–water partition coefficient (Wildman–Crippen LogP) is 0.704. The van der Waals surface area contributed by atoms with E-state index >= 15 is 0 Å². The zero-order valence-electron chi connectivity index (χ0n) is 7.90. The topological polar surface area (TPSA) is 66.2 Å². The van der Waals surface area contributed by atoms with E-state index in [1.807, 2.05) is 6.07 Å². The molecule has 0 aliphatic heterocycles. The summed E-state index contributed by atoms with van der Waals surface area (Å²) in [5.41, 5.74) is 0.810. The molecule has 0 saturated heterocycles. The van der Waals surface area contributed by atoms with E-state index in [1.165, 1.54) is 0 Å². The van der Waals surface area contributed by atoms with E-state index in [0.717, 1.165) is 22.3 Å². The van der Waals surface area contributed by atoms with Crippen LogP contribution in [0, 0.1) is 0 Å². The number of thioether (sulfide) groups is 1. The molecule has 0 aliphatic rings. The van der Waals surface area contributed by atoms with Crippen LogP contribution in [0.1, 0.15) is 12.7 Å². The number of aromatic nitrogens is 4. The highest BCUT2D eigenvalue weighted by atomic mass is 32.2. The molecule has 6 heteroatoms. The van der Waals surface area contributed by atoms with Crippen molar-refractivity contribution in [1.82, 2.24) is 19.8 Å². The summed E-state index contributed by atoms with van der Waals surface area (Å²) in [4.78, 5) is 4.28. The maximum absolute atomic E-state index is 8.73. The number of hydrogen-bond acceptors (Lipinski definition) is 4. The standard InChI is InChI=1S/C8H12N4OS/c1-2-14-8-5-7-9-6(3-4-13)10-12(7)11-8/h5,13H,2-4H2,1H3,(H,9,10). The number of rotatable bonds is 4. The van der Waals surface area contributed by atoms with E-state index in [0.29, 0.717) is 6.42 Å². The van der Waals surface area contributed by atoms with Crippen LogP contribution < -0.4 is 0 Å². The molecule has 0 aliphatic carbocycles. The molecule has 2 N–H and O–H groups in total. The van der Waals surface area contributed by atoms with Crippen LogP contribution in [-0.4, -0.2) is 37.3 Å². The summed E-state index contributed by atoms with van der Waals surface area (Å²) in [5.74, 6) is 1.77. The maximum Gasteiger partial charge on any atom is 0.176 e. The number of aromatic amines is 1. The van der Waals surface area contributed by atoms with Gasteiger partial charge >= 0.3 is 0 Å². The van der Waals surface area contributed by atoms with E-state index < -0.39 is 0 Å². The molecule has 2 heterocycles. The fourth-order valence-electron chi connectivity index (χ4n) is 1.23. The highest BCUT2D eigenvalue weighted by Gasteiger charge is 2.06. The lowest BCUT2D eigenvalue weighted by Crippen LogP contribution is -1.95. The van der Waals surface area contributed by atoms with Crippen molar-refractivity contribution in [3.8, 4) is 0 Å². The van der Waals surface area contributed by atoms with Gasteiger partial charge in [0.15, 0.2) is 5.65 Å². The first-order valence-electron chi connectivity index (χ1n) is 4.52. The summed E-state index contributed by atoms with van der Waals surface area (Å²) in [6.07, 6.45) is 0.541. The molecule has 0 atom stereocenters. The van der Waals surface area contributed by atoms with Crippen LogP contribution in [0.2, 0.25) is 0 Å². The number of aliphatic hydroxyl groups excluding tert-OH is 1. The van der Waals surface area contributed by atoms with Crippen LogP contribution >= 0.6 is 11.8 Å². The smallest absolute Gasteiger partial charge is 0.176 e. The first-order valence-corrected chi connectivity index (χ1v) is 5.50. The van der Waals surface area contributed by atoms with E-state index in [-0.39, 0.29) is 6.61 Å². The Balaban J connectivity index is 2.26. The lowest BCUT2D eigenvalue weighted by atomic mass is 10.4. The molecule has 0 spiro atoms. The van der Waals surface area contributed by atoms with Gasteiger partial charge in [-0.3, -0.25) is 5.10 Å². The Morgan fingerprint density at radius 1 is 1.64 bits per heavy atom. The second-order valence-corrected chi connectivity index (χ2v) is 4.11. The van der Waals surface area contributed by atoms with Crippen LogP contribution in [0.25, 0.3) is 5.65 Å². The average molecular weight is 212 g/mol. The monoisotopic (exact) mass is 212 g/mol. The van der Waals surface area contributed by atoms with Gasteiger partial charge in [-0.05, 0) is 5.75 Å².